The van der Waals surface area contributed by atoms with Crippen LogP contribution in [0.5, 0.6) is 0 Å². The SMILES string of the molecule is C[C@@H](c1ccc(Br)cc1)N1C=C[C@@](CC(C)(C)O)(c2ccccc2)OC1. The van der Waals surface area contributed by atoms with E-state index in [0.717, 1.165) is 10.0 Å². The van der Waals surface area contributed by atoms with Crippen LogP contribution in [0, 0.1) is 0 Å². The molecule has 3 rings (SSSR count). The number of ether oxygens (including phenoxy) is 1. The molecule has 2 aromatic carbocycles. The molecule has 0 spiro atoms. The zero-order valence-corrected chi connectivity index (χ0v) is 17.1. The average molecular weight is 416 g/mol. The van der Waals surface area contributed by atoms with Gasteiger partial charge in [-0.15, -0.1) is 0 Å². The van der Waals surface area contributed by atoms with E-state index in [9.17, 15) is 5.11 Å². The Morgan fingerprint density at radius 2 is 1.81 bits per heavy atom. The topological polar surface area (TPSA) is 32.7 Å². The van der Waals surface area contributed by atoms with Crippen molar-refractivity contribution in [2.24, 2.45) is 0 Å². The second kappa shape index (κ2) is 7.55. The largest absolute Gasteiger partial charge is 0.390 e. The lowest BCUT2D eigenvalue weighted by molar-refractivity contribution is -0.116. The highest BCUT2D eigenvalue weighted by molar-refractivity contribution is 9.10. The molecule has 0 unspecified atom stereocenters. The van der Waals surface area contributed by atoms with E-state index in [1.165, 1.54) is 5.56 Å². The van der Waals surface area contributed by atoms with Crippen molar-refractivity contribution in [1.29, 1.82) is 0 Å². The fraction of sp³-hybridized carbons (Fsp3) is 0.364. The molecule has 2 aromatic rings. The fourth-order valence-electron chi connectivity index (χ4n) is 3.43. The third-order valence-corrected chi connectivity index (χ3v) is 5.34. The Morgan fingerprint density at radius 3 is 2.35 bits per heavy atom. The summed E-state index contributed by atoms with van der Waals surface area (Å²) in [5, 5.41) is 10.4. The molecule has 2 atom stereocenters. The molecule has 3 nitrogen and oxygen atoms in total. The molecule has 0 saturated carbocycles. The van der Waals surface area contributed by atoms with E-state index >= 15 is 0 Å². The smallest absolute Gasteiger partial charge is 0.120 e. The molecule has 1 N–H and O–H groups in total. The van der Waals surface area contributed by atoms with E-state index in [1.54, 1.807) is 0 Å². The van der Waals surface area contributed by atoms with Crippen molar-refractivity contribution in [3.8, 4) is 0 Å². The van der Waals surface area contributed by atoms with Crippen LogP contribution in [0.2, 0.25) is 0 Å². The lowest BCUT2D eigenvalue weighted by atomic mass is 9.82. The predicted octanol–water partition coefficient (Wildman–Crippen LogP) is 5.37. The second-order valence-electron chi connectivity index (χ2n) is 7.58. The van der Waals surface area contributed by atoms with Gasteiger partial charge in [0.25, 0.3) is 0 Å². The quantitative estimate of drug-likeness (QED) is 0.712. The summed E-state index contributed by atoms with van der Waals surface area (Å²) in [4.78, 5) is 2.18. The van der Waals surface area contributed by atoms with Gasteiger partial charge in [0.1, 0.15) is 12.3 Å². The van der Waals surface area contributed by atoms with Crippen LogP contribution < -0.4 is 0 Å². The molecule has 0 fully saturated rings. The van der Waals surface area contributed by atoms with Crippen LogP contribution >= 0.6 is 15.9 Å². The normalized spacial score (nSPS) is 21.7. The van der Waals surface area contributed by atoms with Gasteiger partial charge in [-0.3, -0.25) is 0 Å². The Hall–Kier alpha value is -1.62. The van der Waals surface area contributed by atoms with Gasteiger partial charge in [0.05, 0.1) is 11.6 Å². The first-order valence-corrected chi connectivity index (χ1v) is 9.71. The molecule has 0 radical (unpaired) electrons. The summed E-state index contributed by atoms with van der Waals surface area (Å²) < 4.78 is 7.45. The van der Waals surface area contributed by atoms with Crippen LogP contribution in [-0.2, 0) is 10.3 Å². The van der Waals surface area contributed by atoms with Gasteiger partial charge >= 0.3 is 0 Å². The molecule has 138 valence electrons. The first kappa shape index (κ1) is 19.2. The zero-order chi connectivity index (χ0) is 18.8. The lowest BCUT2D eigenvalue weighted by Gasteiger charge is -2.42. The lowest BCUT2D eigenvalue weighted by Crippen LogP contribution is -2.42. The predicted molar refractivity (Wildman–Crippen MR) is 109 cm³/mol. The van der Waals surface area contributed by atoms with Gasteiger partial charge in [0, 0.05) is 17.1 Å². The fourth-order valence-corrected chi connectivity index (χ4v) is 3.69. The molecular weight excluding hydrogens is 390 g/mol. The number of aliphatic hydroxyl groups is 1. The first-order chi connectivity index (χ1) is 12.3. The Balaban J connectivity index is 1.86. The number of nitrogens with zero attached hydrogens (tertiary/aromatic N) is 1. The molecule has 0 aliphatic carbocycles. The van der Waals surface area contributed by atoms with Gasteiger partial charge < -0.3 is 14.7 Å². The Labute approximate surface area is 164 Å². The highest BCUT2D eigenvalue weighted by atomic mass is 79.9. The summed E-state index contributed by atoms with van der Waals surface area (Å²) in [6.45, 7) is 6.29. The number of rotatable bonds is 5. The minimum absolute atomic E-state index is 0.204. The van der Waals surface area contributed by atoms with Crippen molar-refractivity contribution in [3.63, 3.8) is 0 Å². The van der Waals surface area contributed by atoms with Gasteiger partial charge in [-0.05, 0) is 50.1 Å². The molecule has 0 saturated heterocycles. The van der Waals surface area contributed by atoms with E-state index in [2.05, 4.69) is 76.4 Å². The number of halogens is 1. The molecule has 0 aromatic heterocycles. The van der Waals surface area contributed by atoms with Crippen molar-refractivity contribution in [1.82, 2.24) is 4.90 Å². The maximum absolute atomic E-state index is 10.4. The van der Waals surface area contributed by atoms with Gasteiger partial charge in [0.2, 0.25) is 0 Å². The molecule has 4 heteroatoms. The van der Waals surface area contributed by atoms with Crippen molar-refractivity contribution < 1.29 is 9.84 Å². The van der Waals surface area contributed by atoms with E-state index < -0.39 is 11.2 Å². The molecule has 26 heavy (non-hydrogen) atoms. The van der Waals surface area contributed by atoms with Crippen LogP contribution in [0.25, 0.3) is 0 Å². The maximum atomic E-state index is 10.4. The average Bonchev–Trinajstić information content (AvgIpc) is 2.62. The first-order valence-electron chi connectivity index (χ1n) is 8.92. The zero-order valence-electron chi connectivity index (χ0n) is 15.5. The van der Waals surface area contributed by atoms with Crippen molar-refractivity contribution in [2.75, 3.05) is 6.73 Å². The number of benzene rings is 2. The van der Waals surface area contributed by atoms with Gasteiger partial charge in [-0.25, -0.2) is 0 Å². The summed E-state index contributed by atoms with van der Waals surface area (Å²) in [6.07, 6.45) is 4.69. The minimum Gasteiger partial charge on any atom is -0.390 e. The van der Waals surface area contributed by atoms with Crippen LogP contribution in [0.4, 0.5) is 0 Å². The van der Waals surface area contributed by atoms with E-state index in [-0.39, 0.29) is 6.04 Å². The number of hydrogen-bond acceptors (Lipinski definition) is 3. The summed E-state index contributed by atoms with van der Waals surface area (Å²) in [7, 11) is 0. The van der Waals surface area contributed by atoms with E-state index in [1.807, 2.05) is 32.0 Å². The summed E-state index contributed by atoms with van der Waals surface area (Å²) >= 11 is 3.48. The van der Waals surface area contributed by atoms with Gasteiger partial charge in [-0.2, -0.15) is 0 Å². The summed E-state index contributed by atoms with van der Waals surface area (Å²) in [6, 6.07) is 18.7. The molecule has 0 amide bonds. The van der Waals surface area contributed by atoms with Crippen LogP contribution in [-0.4, -0.2) is 22.3 Å². The van der Waals surface area contributed by atoms with E-state index in [0.29, 0.717) is 13.2 Å². The highest BCUT2D eigenvalue weighted by Gasteiger charge is 2.39. The highest BCUT2D eigenvalue weighted by Crippen LogP contribution is 2.39. The summed E-state index contributed by atoms with van der Waals surface area (Å²) in [5.74, 6) is 0. The van der Waals surface area contributed by atoms with E-state index in [4.69, 9.17) is 4.74 Å². The Kier molecular flexibility index (Phi) is 5.56. The third kappa shape index (κ3) is 4.37. The Morgan fingerprint density at radius 1 is 1.15 bits per heavy atom. The maximum Gasteiger partial charge on any atom is 0.120 e. The van der Waals surface area contributed by atoms with Gasteiger partial charge in [-0.1, -0.05) is 58.4 Å². The number of hydrogen-bond donors (Lipinski definition) is 1. The van der Waals surface area contributed by atoms with Crippen LogP contribution in [0.15, 0.2) is 71.3 Å². The van der Waals surface area contributed by atoms with Crippen molar-refractivity contribution in [2.45, 2.75) is 44.4 Å². The third-order valence-electron chi connectivity index (χ3n) is 4.81. The molecular formula is C22H26BrNO2. The van der Waals surface area contributed by atoms with Crippen LogP contribution in [0.3, 0.4) is 0 Å². The summed E-state index contributed by atoms with van der Waals surface area (Å²) in [5.41, 5.74) is 0.847. The van der Waals surface area contributed by atoms with Crippen LogP contribution in [0.1, 0.15) is 44.4 Å². The standard InChI is InChI=1S/C22H26BrNO2/c1-17(18-9-11-20(23)12-10-18)24-14-13-22(26-16-24,15-21(2,3)25)19-7-5-4-6-8-19/h4-14,17,25H,15-16H2,1-3H3/t17-,22+/m0/s1. The minimum atomic E-state index is -0.834. The molecule has 1 heterocycles. The second-order valence-corrected chi connectivity index (χ2v) is 8.49. The Bertz CT molecular complexity index is 752. The van der Waals surface area contributed by atoms with Crippen molar-refractivity contribution >= 4 is 15.9 Å². The molecule has 1 aliphatic heterocycles. The molecule has 0 bridgehead atoms. The van der Waals surface area contributed by atoms with Gasteiger partial charge in [0.15, 0.2) is 0 Å². The molecule has 1 aliphatic rings. The van der Waals surface area contributed by atoms with Crippen molar-refractivity contribution in [3.05, 3.63) is 82.5 Å². The monoisotopic (exact) mass is 415 g/mol.